The third-order valence-electron chi connectivity index (χ3n) is 4.71. The second-order valence-corrected chi connectivity index (χ2v) is 9.74. The van der Waals surface area contributed by atoms with Crippen molar-refractivity contribution >= 4 is 50.6 Å². The van der Waals surface area contributed by atoms with Crippen molar-refractivity contribution in [2.45, 2.75) is 29.1 Å². The summed E-state index contributed by atoms with van der Waals surface area (Å²) in [4.78, 5) is 28.1. The van der Waals surface area contributed by atoms with E-state index in [0.29, 0.717) is 23.7 Å². The molecule has 2 aliphatic rings. The number of benzene rings is 1. The minimum Gasteiger partial charge on any atom is -0.312 e. The van der Waals surface area contributed by atoms with Crippen LogP contribution in [-0.2, 0) is 14.8 Å². The lowest BCUT2D eigenvalue weighted by molar-refractivity contribution is -0.120. The van der Waals surface area contributed by atoms with Crippen LogP contribution in [0.2, 0.25) is 5.02 Å². The van der Waals surface area contributed by atoms with Gasteiger partial charge in [0.25, 0.3) is 5.91 Å². The normalized spacial score (nSPS) is 23.0. The molecule has 2 saturated heterocycles. The average molecular weight is 426 g/mol. The summed E-state index contributed by atoms with van der Waals surface area (Å²) in [6, 6.07) is 8.23. The number of piperidine rings is 1. The number of rotatable bonds is 4. The van der Waals surface area contributed by atoms with Crippen LogP contribution in [0.5, 0.6) is 0 Å². The molecular weight excluding hydrogens is 410 g/mol. The lowest BCUT2D eigenvalue weighted by Gasteiger charge is -2.32. The van der Waals surface area contributed by atoms with Crippen molar-refractivity contribution in [3.8, 4) is 0 Å². The predicted molar refractivity (Wildman–Crippen MR) is 102 cm³/mol. The Bertz CT molecular complexity index is 976. The molecule has 10 heteroatoms. The molecule has 2 aliphatic heterocycles. The molecule has 3 heterocycles. The number of carbonyl (C=O) groups excluding carboxylic acids is 2. The van der Waals surface area contributed by atoms with E-state index in [9.17, 15) is 18.0 Å². The Kier molecular flexibility index (Phi) is 4.71. The zero-order valence-electron chi connectivity index (χ0n) is 14.0. The van der Waals surface area contributed by atoms with Gasteiger partial charge in [-0.2, -0.15) is 0 Å². The molecule has 1 N–H and O–H groups in total. The molecule has 0 unspecified atom stereocenters. The summed E-state index contributed by atoms with van der Waals surface area (Å²) in [6.45, 7) is 0.316. The van der Waals surface area contributed by atoms with Gasteiger partial charge in [-0.05, 0) is 48.6 Å². The lowest BCUT2D eigenvalue weighted by Crippen LogP contribution is -2.49. The molecule has 1 aromatic carbocycles. The molecule has 2 fully saturated rings. The highest BCUT2D eigenvalue weighted by atomic mass is 35.5. The van der Waals surface area contributed by atoms with Gasteiger partial charge in [-0.15, -0.1) is 11.3 Å². The summed E-state index contributed by atoms with van der Waals surface area (Å²) in [6.07, 6.45) is 0.702. The number of hydrogen-bond acceptors (Lipinski definition) is 5. The van der Waals surface area contributed by atoms with Crippen LogP contribution in [0.25, 0.3) is 0 Å². The fourth-order valence-electron chi connectivity index (χ4n) is 3.43. The first kappa shape index (κ1) is 18.4. The fourth-order valence-corrected chi connectivity index (χ4v) is 5.85. The first-order valence-electron chi connectivity index (χ1n) is 8.33. The van der Waals surface area contributed by atoms with Crippen LogP contribution in [0.4, 0.5) is 10.5 Å². The van der Waals surface area contributed by atoms with Gasteiger partial charge in [-0.25, -0.2) is 22.8 Å². The van der Waals surface area contributed by atoms with E-state index in [1.165, 1.54) is 11.0 Å². The Morgan fingerprint density at radius 1 is 1.15 bits per heavy atom. The second kappa shape index (κ2) is 6.90. The van der Waals surface area contributed by atoms with Crippen molar-refractivity contribution < 1.29 is 18.0 Å². The van der Waals surface area contributed by atoms with E-state index in [1.54, 1.807) is 35.7 Å². The molecule has 1 aromatic heterocycles. The molecule has 0 aliphatic carbocycles. The standard InChI is InChI=1S/C17H16ClN3O4S2/c18-11-3-5-13(6-4-11)21-16(22)14-10-12(7-8-20(14)17(21)23)19-27(24,25)15-2-1-9-26-15/h1-6,9,12,14,19H,7-8,10H2/t12-,14+/m1/s1. The number of fused-ring (bicyclic) bond motifs is 1. The van der Waals surface area contributed by atoms with E-state index in [4.69, 9.17) is 11.6 Å². The molecule has 0 saturated carbocycles. The molecule has 0 spiro atoms. The highest BCUT2D eigenvalue weighted by molar-refractivity contribution is 7.91. The molecule has 4 rings (SSSR count). The number of thiophene rings is 1. The van der Waals surface area contributed by atoms with Gasteiger partial charge >= 0.3 is 6.03 Å². The van der Waals surface area contributed by atoms with Gasteiger partial charge in [0.15, 0.2) is 0 Å². The molecule has 7 nitrogen and oxygen atoms in total. The van der Waals surface area contributed by atoms with E-state index >= 15 is 0 Å². The Morgan fingerprint density at radius 2 is 1.89 bits per heavy atom. The highest BCUT2D eigenvalue weighted by Crippen LogP contribution is 2.32. The van der Waals surface area contributed by atoms with Crippen LogP contribution in [-0.4, -0.2) is 43.9 Å². The number of sulfonamides is 1. The van der Waals surface area contributed by atoms with Gasteiger partial charge in [0.05, 0.1) is 5.69 Å². The molecule has 2 atom stereocenters. The van der Waals surface area contributed by atoms with E-state index < -0.39 is 22.1 Å². The minimum absolute atomic E-state index is 0.238. The maximum atomic E-state index is 12.8. The molecule has 0 radical (unpaired) electrons. The molecule has 3 amide bonds. The molecule has 0 bridgehead atoms. The first-order chi connectivity index (χ1) is 12.9. The van der Waals surface area contributed by atoms with Crippen LogP contribution < -0.4 is 9.62 Å². The van der Waals surface area contributed by atoms with Crippen LogP contribution in [0.3, 0.4) is 0 Å². The quantitative estimate of drug-likeness (QED) is 0.763. The van der Waals surface area contributed by atoms with E-state index in [1.807, 2.05) is 0 Å². The number of hydrogen-bond donors (Lipinski definition) is 1. The monoisotopic (exact) mass is 425 g/mol. The van der Waals surface area contributed by atoms with Crippen molar-refractivity contribution in [1.82, 2.24) is 9.62 Å². The number of imide groups is 1. The number of nitrogens with one attached hydrogen (secondary N) is 1. The lowest BCUT2D eigenvalue weighted by atomic mass is 9.99. The van der Waals surface area contributed by atoms with E-state index in [0.717, 1.165) is 16.2 Å². The third-order valence-corrected chi connectivity index (χ3v) is 7.88. The summed E-state index contributed by atoms with van der Waals surface area (Å²) in [7, 11) is -3.62. The summed E-state index contributed by atoms with van der Waals surface area (Å²) in [5.41, 5.74) is 0.458. The van der Waals surface area contributed by atoms with Crippen LogP contribution in [0, 0.1) is 0 Å². The van der Waals surface area contributed by atoms with Gasteiger partial charge in [0.2, 0.25) is 10.0 Å². The fraction of sp³-hybridized carbons (Fsp3) is 0.294. The van der Waals surface area contributed by atoms with Crippen molar-refractivity contribution in [3.05, 3.63) is 46.8 Å². The first-order valence-corrected chi connectivity index (χ1v) is 11.1. The van der Waals surface area contributed by atoms with Crippen molar-refractivity contribution in [2.24, 2.45) is 0 Å². The minimum atomic E-state index is -3.62. The van der Waals surface area contributed by atoms with Crippen molar-refractivity contribution in [1.29, 1.82) is 0 Å². The van der Waals surface area contributed by atoms with Gasteiger partial charge in [-0.3, -0.25) is 4.79 Å². The Morgan fingerprint density at radius 3 is 2.56 bits per heavy atom. The number of anilines is 1. The molecule has 142 valence electrons. The smallest absolute Gasteiger partial charge is 0.312 e. The van der Waals surface area contributed by atoms with Gasteiger partial charge in [0.1, 0.15) is 10.3 Å². The SMILES string of the molecule is O=C1[C@@H]2C[C@H](NS(=O)(=O)c3cccs3)CCN2C(=O)N1c1ccc(Cl)cc1. The van der Waals surface area contributed by atoms with E-state index in [-0.39, 0.29) is 22.6 Å². The number of carbonyl (C=O) groups is 2. The molecule has 2 aromatic rings. The summed E-state index contributed by atoms with van der Waals surface area (Å²) >= 11 is 7.01. The predicted octanol–water partition coefficient (Wildman–Crippen LogP) is 2.68. The number of urea groups is 1. The second-order valence-electron chi connectivity index (χ2n) is 6.42. The number of amides is 3. The van der Waals surface area contributed by atoms with Gasteiger partial charge in [-0.1, -0.05) is 17.7 Å². The summed E-state index contributed by atoms with van der Waals surface area (Å²) in [5.74, 6) is -0.345. The number of nitrogens with zero attached hydrogens (tertiary/aromatic N) is 2. The van der Waals surface area contributed by atoms with Gasteiger partial charge < -0.3 is 4.90 Å². The summed E-state index contributed by atoms with van der Waals surface area (Å²) < 4.78 is 27.8. The topological polar surface area (TPSA) is 86.8 Å². The molecule has 27 heavy (non-hydrogen) atoms. The number of halogens is 1. The average Bonchev–Trinajstić information content (AvgIpc) is 3.25. The van der Waals surface area contributed by atoms with Crippen LogP contribution in [0.15, 0.2) is 46.0 Å². The Hall–Kier alpha value is -1.94. The summed E-state index contributed by atoms with van der Waals surface area (Å²) in [5, 5.41) is 2.21. The zero-order valence-corrected chi connectivity index (χ0v) is 16.4. The maximum Gasteiger partial charge on any atom is 0.332 e. The van der Waals surface area contributed by atoms with E-state index in [2.05, 4.69) is 4.72 Å². The maximum absolute atomic E-state index is 12.8. The third kappa shape index (κ3) is 3.36. The van der Waals surface area contributed by atoms with Crippen LogP contribution >= 0.6 is 22.9 Å². The Labute approximate surface area is 165 Å². The highest BCUT2D eigenvalue weighted by Gasteiger charge is 2.49. The largest absolute Gasteiger partial charge is 0.332 e. The zero-order chi connectivity index (χ0) is 19.2. The van der Waals surface area contributed by atoms with Crippen LogP contribution in [0.1, 0.15) is 12.8 Å². The Balaban J connectivity index is 1.52. The van der Waals surface area contributed by atoms with Gasteiger partial charge in [0, 0.05) is 17.6 Å². The van der Waals surface area contributed by atoms with Crippen molar-refractivity contribution in [2.75, 3.05) is 11.4 Å². The molecular formula is C17H16ClN3O4S2. The van der Waals surface area contributed by atoms with Crippen molar-refractivity contribution in [3.63, 3.8) is 0 Å².